The van der Waals surface area contributed by atoms with Gasteiger partial charge >= 0.3 is 5.97 Å². The van der Waals surface area contributed by atoms with Gasteiger partial charge in [-0.3, -0.25) is 0 Å². The van der Waals surface area contributed by atoms with Crippen LogP contribution in [0.3, 0.4) is 0 Å². The van der Waals surface area contributed by atoms with E-state index in [0.717, 1.165) is 12.8 Å². The minimum atomic E-state index is -0.298. The molecular weight excluding hydrogens is 264 g/mol. The maximum Gasteiger partial charge on any atom is 0.330 e. The lowest BCUT2D eigenvalue weighted by atomic mass is 10.0. The average molecular weight is 294 g/mol. The van der Waals surface area contributed by atoms with Crippen molar-refractivity contribution in [2.75, 3.05) is 13.2 Å². The van der Waals surface area contributed by atoms with Crippen molar-refractivity contribution in [2.24, 2.45) is 5.92 Å². The molecule has 0 aliphatic heterocycles. The van der Waals surface area contributed by atoms with Crippen molar-refractivity contribution < 1.29 is 14.3 Å². The van der Waals surface area contributed by atoms with Crippen LogP contribution in [0.2, 0.25) is 0 Å². The highest BCUT2D eigenvalue weighted by Gasteiger charge is 2.35. The summed E-state index contributed by atoms with van der Waals surface area (Å²) in [6.07, 6.45) is 12.1. The number of esters is 1. The SMILES string of the molecule is C=C1C[C@H]1[C@H](CCCCCCC)OC/C=C\C(=O)OCC. The molecule has 0 saturated heterocycles. The normalized spacial score (nSPS) is 19.0. The fourth-order valence-electron chi connectivity index (χ4n) is 2.48. The topological polar surface area (TPSA) is 35.5 Å². The summed E-state index contributed by atoms with van der Waals surface area (Å²) < 4.78 is 10.7. The van der Waals surface area contributed by atoms with Crippen molar-refractivity contribution in [3.63, 3.8) is 0 Å². The third kappa shape index (κ3) is 8.05. The second-order valence-corrected chi connectivity index (χ2v) is 5.70. The Labute approximate surface area is 129 Å². The zero-order valence-electron chi connectivity index (χ0n) is 13.6. The summed E-state index contributed by atoms with van der Waals surface area (Å²) in [5, 5.41) is 0. The Morgan fingerprint density at radius 3 is 2.67 bits per heavy atom. The Morgan fingerprint density at radius 2 is 2.05 bits per heavy atom. The summed E-state index contributed by atoms with van der Waals surface area (Å²) in [5.74, 6) is 0.236. The minimum absolute atomic E-state index is 0.269. The summed E-state index contributed by atoms with van der Waals surface area (Å²) in [5.41, 5.74) is 1.31. The standard InChI is InChI=1S/C18H30O3/c1-4-6-7-8-9-11-17(16-14-15(16)3)21-13-10-12-18(19)20-5-2/h10,12,16-17H,3-9,11,13-14H2,1-2H3/b12-10-/t16-,17+/m1/s1. The first-order valence-electron chi connectivity index (χ1n) is 8.31. The van der Waals surface area contributed by atoms with Crippen molar-refractivity contribution >= 4 is 5.97 Å². The number of carbonyl (C=O) groups excluding carboxylic acids is 1. The lowest BCUT2D eigenvalue weighted by Gasteiger charge is -2.16. The summed E-state index contributed by atoms with van der Waals surface area (Å²) in [7, 11) is 0. The number of ether oxygens (including phenoxy) is 2. The zero-order chi connectivity index (χ0) is 15.5. The molecule has 2 atom stereocenters. The van der Waals surface area contributed by atoms with E-state index in [1.165, 1.54) is 43.8 Å². The van der Waals surface area contributed by atoms with Crippen LogP contribution in [-0.4, -0.2) is 25.3 Å². The third-order valence-electron chi connectivity index (χ3n) is 3.83. The zero-order valence-corrected chi connectivity index (χ0v) is 13.6. The quantitative estimate of drug-likeness (QED) is 0.231. The molecule has 0 amide bonds. The summed E-state index contributed by atoms with van der Waals surface area (Å²) >= 11 is 0. The maximum atomic E-state index is 11.2. The van der Waals surface area contributed by atoms with Gasteiger partial charge in [-0.05, 0) is 19.8 Å². The lowest BCUT2D eigenvalue weighted by molar-refractivity contribution is -0.137. The molecule has 120 valence electrons. The molecule has 21 heavy (non-hydrogen) atoms. The van der Waals surface area contributed by atoms with E-state index in [2.05, 4.69) is 13.5 Å². The molecule has 1 aliphatic rings. The molecule has 0 spiro atoms. The van der Waals surface area contributed by atoms with Crippen LogP contribution < -0.4 is 0 Å². The Morgan fingerprint density at radius 1 is 1.33 bits per heavy atom. The van der Waals surface area contributed by atoms with E-state index in [9.17, 15) is 4.79 Å². The molecule has 3 heteroatoms. The highest BCUT2D eigenvalue weighted by Crippen LogP contribution is 2.41. The van der Waals surface area contributed by atoms with E-state index in [4.69, 9.17) is 9.47 Å². The average Bonchev–Trinajstić information content (AvgIpc) is 3.18. The van der Waals surface area contributed by atoms with Gasteiger partial charge in [-0.15, -0.1) is 0 Å². The predicted molar refractivity (Wildman–Crippen MR) is 86.1 cm³/mol. The highest BCUT2D eigenvalue weighted by atomic mass is 16.5. The molecule has 0 bridgehead atoms. The van der Waals surface area contributed by atoms with E-state index < -0.39 is 0 Å². The van der Waals surface area contributed by atoms with Crippen molar-refractivity contribution in [3.8, 4) is 0 Å². The molecule has 0 N–H and O–H groups in total. The van der Waals surface area contributed by atoms with Crippen LogP contribution in [0.4, 0.5) is 0 Å². The molecule has 0 radical (unpaired) electrons. The summed E-state index contributed by atoms with van der Waals surface area (Å²) in [4.78, 5) is 11.2. The highest BCUT2D eigenvalue weighted by molar-refractivity contribution is 5.81. The minimum Gasteiger partial charge on any atom is -0.463 e. The van der Waals surface area contributed by atoms with Crippen LogP contribution in [0.5, 0.6) is 0 Å². The van der Waals surface area contributed by atoms with Crippen molar-refractivity contribution in [3.05, 3.63) is 24.3 Å². The molecule has 1 fully saturated rings. The fraction of sp³-hybridized carbons (Fsp3) is 0.722. The van der Waals surface area contributed by atoms with Crippen LogP contribution in [0.25, 0.3) is 0 Å². The maximum absolute atomic E-state index is 11.2. The van der Waals surface area contributed by atoms with E-state index in [1.54, 1.807) is 13.0 Å². The van der Waals surface area contributed by atoms with Crippen molar-refractivity contribution in [1.29, 1.82) is 0 Å². The van der Waals surface area contributed by atoms with Crippen LogP contribution >= 0.6 is 0 Å². The molecule has 3 nitrogen and oxygen atoms in total. The fourth-order valence-corrected chi connectivity index (χ4v) is 2.48. The Kier molecular flexibility index (Phi) is 9.07. The Hall–Kier alpha value is -1.09. The molecule has 1 rings (SSSR count). The van der Waals surface area contributed by atoms with Gasteiger partial charge in [0.1, 0.15) is 0 Å². The first-order valence-corrected chi connectivity index (χ1v) is 8.31. The summed E-state index contributed by atoms with van der Waals surface area (Å²) in [6.45, 7) is 8.95. The van der Waals surface area contributed by atoms with Gasteiger partial charge in [-0.1, -0.05) is 57.3 Å². The molecule has 1 aliphatic carbocycles. The van der Waals surface area contributed by atoms with Gasteiger partial charge < -0.3 is 9.47 Å². The molecule has 1 saturated carbocycles. The smallest absolute Gasteiger partial charge is 0.330 e. The van der Waals surface area contributed by atoms with E-state index in [-0.39, 0.29) is 12.1 Å². The Bertz CT molecular complexity index is 346. The van der Waals surface area contributed by atoms with Crippen LogP contribution in [0.1, 0.15) is 58.8 Å². The van der Waals surface area contributed by atoms with Gasteiger partial charge in [-0.2, -0.15) is 0 Å². The van der Waals surface area contributed by atoms with Crippen LogP contribution in [-0.2, 0) is 14.3 Å². The summed E-state index contributed by atoms with van der Waals surface area (Å²) in [6, 6.07) is 0. The van der Waals surface area contributed by atoms with E-state index in [0.29, 0.717) is 19.1 Å². The molecule has 0 heterocycles. The van der Waals surface area contributed by atoms with E-state index >= 15 is 0 Å². The van der Waals surface area contributed by atoms with E-state index in [1.807, 2.05) is 0 Å². The van der Waals surface area contributed by atoms with Crippen LogP contribution in [0, 0.1) is 5.92 Å². The number of rotatable bonds is 12. The number of hydrogen-bond donors (Lipinski definition) is 0. The number of carbonyl (C=O) groups is 1. The first-order chi connectivity index (χ1) is 10.2. The van der Waals surface area contributed by atoms with Gasteiger partial charge in [0.2, 0.25) is 0 Å². The predicted octanol–water partition coefficient (Wildman–Crippen LogP) is 4.43. The number of hydrogen-bond acceptors (Lipinski definition) is 3. The first kappa shape index (κ1) is 18.0. The molecule has 0 aromatic heterocycles. The third-order valence-corrected chi connectivity index (χ3v) is 3.83. The van der Waals surface area contributed by atoms with Crippen molar-refractivity contribution in [1.82, 2.24) is 0 Å². The molecular formula is C18H30O3. The molecule has 0 unspecified atom stereocenters. The lowest BCUT2D eigenvalue weighted by Crippen LogP contribution is -2.16. The Balaban J connectivity index is 2.21. The van der Waals surface area contributed by atoms with Gasteiger partial charge in [0.05, 0.1) is 19.3 Å². The molecule has 0 aromatic carbocycles. The second kappa shape index (κ2) is 10.6. The monoisotopic (exact) mass is 294 g/mol. The van der Waals surface area contributed by atoms with Gasteiger partial charge in [0.15, 0.2) is 0 Å². The van der Waals surface area contributed by atoms with Crippen LogP contribution in [0.15, 0.2) is 24.3 Å². The van der Waals surface area contributed by atoms with Crippen molar-refractivity contribution in [2.45, 2.75) is 64.9 Å². The second-order valence-electron chi connectivity index (χ2n) is 5.70. The molecule has 0 aromatic rings. The largest absolute Gasteiger partial charge is 0.463 e. The van der Waals surface area contributed by atoms with Gasteiger partial charge in [0, 0.05) is 12.0 Å². The number of unbranched alkanes of at least 4 members (excludes halogenated alkanes) is 4. The van der Waals surface area contributed by atoms with Gasteiger partial charge in [-0.25, -0.2) is 4.79 Å². The van der Waals surface area contributed by atoms with Gasteiger partial charge in [0.25, 0.3) is 0 Å².